The van der Waals surface area contributed by atoms with Crippen LogP contribution in [0.4, 0.5) is 43.9 Å². The Balaban J connectivity index is 5.39. The van der Waals surface area contributed by atoms with Gasteiger partial charge in [0, 0.05) is 7.11 Å². The van der Waals surface area contributed by atoms with Crippen LogP contribution < -0.4 is 0 Å². The molecule has 0 fully saturated rings. The zero-order chi connectivity index (χ0) is 15.9. The van der Waals surface area contributed by atoms with Gasteiger partial charge in [0.1, 0.15) is 0 Å². The van der Waals surface area contributed by atoms with Gasteiger partial charge in [-0.1, -0.05) is 0 Å². The average Bonchev–Trinajstić information content (AvgIpc) is 2.13. The Morgan fingerprint density at radius 2 is 1.11 bits per heavy atom. The quantitative estimate of drug-likeness (QED) is 0.562. The van der Waals surface area contributed by atoms with Gasteiger partial charge < -0.3 is 4.74 Å². The van der Waals surface area contributed by atoms with Gasteiger partial charge in [0.25, 0.3) is 0 Å². The Kier molecular flexibility index (Phi) is 4.68. The van der Waals surface area contributed by atoms with Crippen LogP contribution in [0.2, 0.25) is 0 Å². The fraction of sp³-hybridized carbons (Fsp3) is 1.00. The minimum Gasteiger partial charge on any atom is -0.318 e. The molecular weight excluding hydrogens is 329 g/mol. The third-order valence-corrected chi connectivity index (χ3v) is 1.87. The van der Waals surface area contributed by atoms with Crippen molar-refractivity contribution in [3.63, 3.8) is 0 Å². The molecule has 0 saturated carbocycles. The van der Waals surface area contributed by atoms with Gasteiger partial charge in [-0.05, 0) is 11.6 Å². The molecule has 116 valence electrons. The molecule has 1 atom stereocenters. The van der Waals surface area contributed by atoms with E-state index in [1.54, 1.807) is 0 Å². The highest BCUT2D eigenvalue weighted by Gasteiger charge is 2.78. The minimum atomic E-state index is -6.96. The highest BCUT2D eigenvalue weighted by atomic mass is 35.5. The molecule has 0 aromatic heterocycles. The molecule has 0 aromatic carbocycles. The van der Waals surface area contributed by atoms with Gasteiger partial charge in [-0.15, -0.1) is 0 Å². The van der Waals surface area contributed by atoms with E-state index in [0.717, 1.165) is 0 Å². The van der Waals surface area contributed by atoms with Crippen molar-refractivity contribution < 1.29 is 53.4 Å². The maximum Gasteiger partial charge on any atom is 0.462 e. The number of hydrogen-bond acceptors (Lipinski definition) is 2. The second-order valence-corrected chi connectivity index (χ2v) is 3.41. The summed E-state index contributed by atoms with van der Waals surface area (Å²) in [6.45, 7) is 0. The summed E-state index contributed by atoms with van der Waals surface area (Å²) < 4.78 is 127. The van der Waals surface area contributed by atoms with Crippen LogP contribution in [0.3, 0.4) is 0 Å². The van der Waals surface area contributed by atoms with Gasteiger partial charge in [0.05, 0.1) is 0 Å². The van der Waals surface area contributed by atoms with Crippen LogP contribution in [0.5, 0.6) is 0 Å². The molecule has 0 rings (SSSR count). The summed E-state index contributed by atoms with van der Waals surface area (Å²) >= 11 is 4.02. The fourth-order valence-electron chi connectivity index (χ4n) is 0.568. The summed E-state index contributed by atoms with van der Waals surface area (Å²) in [5.41, 5.74) is 0. The van der Waals surface area contributed by atoms with Crippen molar-refractivity contribution in [2.45, 2.75) is 29.6 Å². The van der Waals surface area contributed by atoms with E-state index in [-0.39, 0.29) is 7.11 Å². The maximum absolute atomic E-state index is 12.8. The Hall–Kier alpha value is -0.490. The van der Waals surface area contributed by atoms with Crippen molar-refractivity contribution in [3.8, 4) is 0 Å². The zero-order valence-corrected chi connectivity index (χ0v) is 9.23. The van der Waals surface area contributed by atoms with Crippen LogP contribution in [0.25, 0.3) is 0 Å². The number of ether oxygens (including phenoxy) is 2. The first-order chi connectivity index (χ1) is 8.02. The smallest absolute Gasteiger partial charge is 0.318 e. The van der Waals surface area contributed by atoms with Crippen molar-refractivity contribution in [2.24, 2.45) is 0 Å². The summed E-state index contributed by atoms with van der Waals surface area (Å²) in [6.07, 6.45) is -19.0. The molecule has 0 spiro atoms. The molecule has 1 unspecified atom stereocenters. The molecule has 0 heterocycles. The number of rotatable bonds is 5. The molecule has 0 radical (unpaired) electrons. The molecule has 0 saturated heterocycles. The van der Waals surface area contributed by atoms with E-state index in [2.05, 4.69) is 21.1 Å². The van der Waals surface area contributed by atoms with Crippen molar-refractivity contribution in [3.05, 3.63) is 0 Å². The highest BCUT2D eigenvalue weighted by molar-refractivity contribution is 6.22. The van der Waals surface area contributed by atoms with Crippen molar-refractivity contribution >= 4 is 11.6 Å². The molecule has 2 nitrogen and oxygen atoms in total. The molecule has 0 N–H and O–H groups in total. The van der Waals surface area contributed by atoms with E-state index < -0.39 is 29.6 Å². The monoisotopic (exact) mass is 332 g/mol. The molecule has 19 heavy (non-hydrogen) atoms. The first kappa shape index (κ1) is 18.5. The molecule has 0 aromatic rings. The number of halogens is 11. The first-order valence-corrected chi connectivity index (χ1v) is 4.23. The van der Waals surface area contributed by atoms with Crippen LogP contribution >= 0.6 is 11.6 Å². The van der Waals surface area contributed by atoms with E-state index in [1.165, 1.54) is 0 Å². The summed E-state index contributed by atoms with van der Waals surface area (Å²) in [6, 6.07) is 0. The first-order valence-electron chi connectivity index (χ1n) is 3.85. The zero-order valence-electron chi connectivity index (χ0n) is 8.47. The second kappa shape index (κ2) is 4.81. The van der Waals surface area contributed by atoms with Crippen molar-refractivity contribution in [2.75, 3.05) is 7.11 Å². The molecular formula is C6H3ClF10O2. The summed E-state index contributed by atoms with van der Waals surface area (Å²) in [5, 5.41) is -5.46. The maximum atomic E-state index is 12.8. The van der Waals surface area contributed by atoms with Gasteiger partial charge in [-0.25, -0.2) is 0 Å². The molecule has 0 aliphatic heterocycles. The normalized spacial score (nSPS) is 18.3. The SMILES string of the molecule is COC(F)(F)C(F)(Cl)OC(F)(F)C(F)(F)C(F)(F)F. The lowest BCUT2D eigenvalue weighted by Crippen LogP contribution is -2.58. The van der Waals surface area contributed by atoms with Crippen LogP contribution in [0, 0.1) is 0 Å². The number of methoxy groups -OCH3 is 1. The Morgan fingerprint density at radius 3 is 1.37 bits per heavy atom. The number of alkyl halides is 11. The minimum absolute atomic E-state index is 0.0140. The van der Waals surface area contributed by atoms with E-state index in [0.29, 0.717) is 0 Å². The summed E-state index contributed by atoms with van der Waals surface area (Å²) in [7, 11) is 0.0140. The molecule has 13 heteroatoms. The van der Waals surface area contributed by atoms with Gasteiger partial charge in [0.15, 0.2) is 0 Å². The average molecular weight is 333 g/mol. The van der Waals surface area contributed by atoms with Crippen LogP contribution in [-0.2, 0) is 9.47 Å². The predicted molar refractivity (Wildman–Crippen MR) is 38.7 cm³/mol. The second-order valence-electron chi connectivity index (χ2n) is 2.93. The highest BCUT2D eigenvalue weighted by Crippen LogP contribution is 2.51. The largest absolute Gasteiger partial charge is 0.462 e. The fourth-order valence-corrected chi connectivity index (χ4v) is 0.742. The van der Waals surface area contributed by atoms with E-state index >= 15 is 0 Å². The summed E-state index contributed by atoms with van der Waals surface area (Å²) in [4.78, 5) is 0. The molecule has 0 aliphatic carbocycles. The van der Waals surface area contributed by atoms with Crippen LogP contribution in [-0.4, -0.2) is 36.7 Å². The lowest BCUT2D eigenvalue weighted by Gasteiger charge is -2.33. The van der Waals surface area contributed by atoms with Gasteiger partial charge >= 0.3 is 29.6 Å². The lowest BCUT2D eigenvalue weighted by atomic mass is 10.3. The summed E-state index contributed by atoms with van der Waals surface area (Å²) in [5.74, 6) is -6.96. The van der Waals surface area contributed by atoms with Gasteiger partial charge in [-0.3, -0.25) is 4.74 Å². The van der Waals surface area contributed by atoms with E-state index in [1.807, 2.05) is 0 Å². The third-order valence-electron chi connectivity index (χ3n) is 1.57. The Morgan fingerprint density at radius 1 is 0.737 bits per heavy atom. The topological polar surface area (TPSA) is 18.5 Å². The Bertz CT molecular complexity index is 324. The van der Waals surface area contributed by atoms with E-state index in [9.17, 15) is 43.9 Å². The predicted octanol–water partition coefficient (Wildman–Crippen LogP) is 3.89. The Labute approximate surface area is 103 Å². The van der Waals surface area contributed by atoms with Crippen molar-refractivity contribution in [1.29, 1.82) is 0 Å². The lowest BCUT2D eigenvalue weighted by molar-refractivity contribution is -0.474. The third kappa shape index (κ3) is 3.34. The molecule has 0 amide bonds. The molecule has 0 aliphatic rings. The van der Waals surface area contributed by atoms with Gasteiger partial charge in [-0.2, -0.15) is 43.9 Å². The van der Waals surface area contributed by atoms with E-state index in [4.69, 9.17) is 0 Å². The van der Waals surface area contributed by atoms with Crippen molar-refractivity contribution in [1.82, 2.24) is 0 Å². The number of hydrogen-bond donors (Lipinski definition) is 0. The van der Waals surface area contributed by atoms with Gasteiger partial charge in [0.2, 0.25) is 0 Å². The standard InChI is InChI=1S/C6H3ClF10O2/c1-18-6(16,17)3(7,10)19-5(14,15)2(8,9)4(11,12)13/h1H3. The van der Waals surface area contributed by atoms with Crippen LogP contribution in [0.15, 0.2) is 0 Å². The van der Waals surface area contributed by atoms with Crippen LogP contribution in [0.1, 0.15) is 0 Å². The molecule has 0 bridgehead atoms.